The summed E-state index contributed by atoms with van der Waals surface area (Å²) >= 11 is 0. The molecule has 184 valence electrons. The first-order valence-corrected chi connectivity index (χ1v) is 11.0. The Labute approximate surface area is 199 Å². The first-order chi connectivity index (χ1) is 16.5. The summed E-state index contributed by atoms with van der Waals surface area (Å²) in [5, 5.41) is 5.27. The molecule has 0 aliphatic carbocycles. The van der Waals surface area contributed by atoms with Gasteiger partial charge < -0.3 is 29.6 Å². The number of urea groups is 1. The standard InChI is InChI=1S/C25H32N2O7/c1-31-13-15-33-23(28)21(17-19-9-5-3-6-10-19)26-25(30)27-22(24(29)34-16-14-32-2)18-20-11-7-4-8-12-20/h3-12,21-22H,13-18H2,1-2H3,(H2,26,27,30)/t21-,22-/m0/s1. The highest BCUT2D eigenvalue weighted by molar-refractivity contribution is 5.87. The lowest BCUT2D eigenvalue weighted by Gasteiger charge is -2.22. The summed E-state index contributed by atoms with van der Waals surface area (Å²) in [6, 6.07) is 15.9. The molecule has 0 saturated carbocycles. The molecule has 2 rings (SSSR count). The molecule has 0 aliphatic heterocycles. The molecule has 0 saturated heterocycles. The molecule has 0 heterocycles. The van der Waals surface area contributed by atoms with Crippen LogP contribution in [-0.2, 0) is 41.4 Å². The molecule has 2 amide bonds. The summed E-state index contributed by atoms with van der Waals surface area (Å²) in [7, 11) is 3.00. The summed E-state index contributed by atoms with van der Waals surface area (Å²) in [6.07, 6.45) is 0.448. The molecule has 2 aromatic rings. The van der Waals surface area contributed by atoms with Crippen molar-refractivity contribution in [3.63, 3.8) is 0 Å². The van der Waals surface area contributed by atoms with Crippen molar-refractivity contribution >= 4 is 18.0 Å². The Morgan fingerprint density at radius 2 is 1.03 bits per heavy atom. The maximum atomic E-state index is 12.8. The second-order valence-electron chi connectivity index (χ2n) is 7.42. The van der Waals surface area contributed by atoms with Crippen molar-refractivity contribution in [2.24, 2.45) is 0 Å². The lowest BCUT2D eigenvalue weighted by atomic mass is 10.1. The smallest absolute Gasteiger partial charge is 0.329 e. The normalized spacial score (nSPS) is 12.3. The molecular weight excluding hydrogens is 440 g/mol. The maximum absolute atomic E-state index is 12.8. The van der Waals surface area contributed by atoms with E-state index in [4.69, 9.17) is 18.9 Å². The molecule has 0 spiro atoms. The molecule has 9 nitrogen and oxygen atoms in total. The fourth-order valence-electron chi connectivity index (χ4n) is 3.10. The van der Waals surface area contributed by atoms with E-state index >= 15 is 0 Å². The number of amides is 2. The maximum Gasteiger partial charge on any atom is 0.329 e. The Kier molecular flexibility index (Phi) is 12.2. The van der Waals surface area contributed by atoms with Crippen molar-refractivity contribution in [1.82, 2.24) is 10.6 Å². The topological polar surface area (TPSA) is 112 Å². The van der Waals surface area contributed by atoms with Crippen LogP contribution in [0.25, 0.3) is 0 Å². The Balaban J connectivity index is 2.08. The third-order valence-electron chi connectivity index (χ3n) is 4.81. The molecule has 9 heteroatoms. The first-order valence-electron chi connectivity index (χ1n) is 11.0. The van der Waals surface area contributed by atoms with E-state index in [1.807, 2.05) is 60.7 Å². The van der Waals surface area contributed by atoms with Crippen molar-refractivity contribution in [2.75, 3.05) is 40.6 Å². The molecule has 2 aromatic carbocycles. The van der Waals surface area contributed by atoms with E-state index in [-0.39, 0.29) is 39.3 Å². The summed E-state index contributed by atoms with van der Waals surface area (Å²) in [5.41, 5.74) is 1.69. The average Bonchev–Trinajstić information content (AvgIpc) is 2.84. The number of nitrogens with one attached hydrogen (secondary N) is 2. The monoisotopic (exact) mass is 472 g/mol. The van der Waals surface area contributed by atoms with Crippen molar-refractivity contribution in [3.05, 3.63) is 71.8 Å². The van der Waals surface area contributed by atoms with Crippen LogP contribution in [-0.4, -0.2) is 70.7 Å². The van der Waals surface area contributed by atoms with Gasteiger partial charge in [0.2, 0.25) is 0 Å². The molecule has 2 atom stereocenters. The van der Waals surface area contributed by atoms with Crippen LogP contribution >= 0.6 is 0 Å². The van der Waals surface area contributed by atoms with Gasteiger partial charge in [-0.3, -0.25) is 0 Å². The van der Waals surface area contributed by atoms with Crippen molar-refractivity contribution < 1.29 is 33.3 Å². The predicted octanol–water partition coefficient (Wildman–Crippen LogP) is 1.89. The zero-order chi connectivity index (χ0) is 24.6. The number of esters is 2. The fourth-order valence-corrected chi connectivity index (χ4v) is 3.10. The van der Waals surface area contributed by atoms with Gasteiger partial charge in [-0.15, -0.1) is 0 Å². The molecule has 0 radical (unpaired) electrons. The van der Waals surface area contributed by atoms with Gasteiger partial charge in [-0.25, -0.2) is 14.4 Å². The van der Waals surface area contributed by atoms with Crippen LogP contribution < -0.4 is 10.6 Å². The molecule has 0 bridgehead atoms. The number of benzene rings is 2. The van der Waals surface area contributed by atoms with Gasteiger partial charge >= 0.3 is 18.0 Å². The number of ether oxygens (including phenoxy) is 4. The highest BCUT2D eigenvalue weighted by atomic mass is 16.6. The van der Waals surface area contributed by atoms with Gasteiger partial charge in [-0.05, 0) is 11.1 Å². The number of carbonyl (C=O) groups is 3. The van der Waals surface area contributed by atoms with E-state index in [9.17, 15) is 14.4 Å². The largest absolute Gasteiger partial charge is 0.462 e. The second kappa shape index (κ2) is 15.4. The number of methoxy groups -OCH3 is 2. The van der Waals surface area contributed by atoms with Gasteiger partial charge in [0, 0.05) is 27.1 Å². The minimum absolute atomic E-state index is 0.0619. The van der Waals surface area contributed by atoms with Gasteiger partial charge in [0.25, 0.3) is 0 Å². The van der Waals surface area contributed by atoms with Gasteiger partial charge in [0.05, 0.1) is 13.2 Å². The van der Waals surface area contributed by atoms with E-state index < -0.39 is 30.1 Å². The van der Waals surface area contributed by atoms with E-state index in [0.29, 0.717) is 0 Å². The summed E-state index contributed by atoms with van der Waals surface area (Å²) < 4.78 is 20.3. The number of hydrogen-bond acceptors (Lipinski definition) is 7. The van der Waals surface area contributed by atoms with Crippen LogP contribution in [0.1, 0.15) is 11.1 Å². The predicted molar refractivity (Wildman–Crippen MR) is 125 cm³/mol. The fraction of sp³-hybridized carbons (Fsp3) is 0.400. The van der Waals surface area contributed by atoms with Gasteiger partial charge in [-0.2, -0.15) is 0 Å². The number of rotatable bonds is 14. The highest BCUT2D eigenvalue weighted by Gasteiger charge is 2.27. The Morgan fingerprint density at radius 3 is 1.38 bits per heavy atom. The lowest BCUT2D eigenvalue weighted by molar-refractivity contribution is -0.147. The van der Waals surface area contributed by atoms with E-state index in [1.165, 1.54) is 14.2 Å². The third kappa shape index (κ3) is 10.0. The van der Waals surface area contributed by atoms with Crippen LogP contribution in [0.2, 0.25) is 0 Å². The summed E-state index contributed by atoms with van der Waals surface area (Å²) in [4.78, 5) is 38.1. The lowest BCUT2D eigenvalue weighted by Crippen LogP contribution is -2.53. The van der Waals surface area contributed by atoms with Crippen molar-refractivity contribution in [1.29, 1.82) is 0 Å². The van der Waals surface area contributed by atoms with Crippen molar-refractivity contribution in [2.45, 2.75) is 24.9 Å². The Hall–Kier alpha value is -3.43. The number of hydrogen-bond donors (Lipinski definition) is 2. The number of carbonyl (C=O) groups excluding carboxylic acids is 3. The second-order valence-corrected chi connectivity index (χ2v) is 7.42. The molecule has 0 aromatic heterocycles. The van der Waals surface area contributed by atoms with Crippen molar-refractivity contribution in [3.8, 4) is 0 Å². The average molecular weight is 473 g/mol. The first kappa shape index (κ1) is 26.8. The van der Waals surface area contributed by atoms with Gasteiger partial charge in [-0.1, -0.05) is 60.7 Å². The minimum atomic E-state index is -0.957. The Morgan fingerprint density at radius 1 is 0.647 bits per heavy atom. The quantitative estimate of drug-likeness (QED) is 0.319. The van der Waals surface area contributed by atoms with E-state index in [0.717, 1.165) is 11.1 Å². The highest BCUT2D eigenvalue weighted by Crippen LogP contribution is 2.07. The Bertz CT molecular complexity index is 806. The minimum Gasteiger partial charge on any atom is -0.462 e. The molecule has 2 N–H and O–H groups in total. The zero-order valence-electron chi connectivity index (χ0n) is 19.5. The molecule has 0 unspecified atom stereocenters. The molecule has 0 fully saturated rings. The van der Waals surface area contributed by atoms with Crippen LogP contribution in [0, 0.1) is 0 Å². The summed E-state index contributed by atoms with van der Waals surface area (Å²) in [5.74, 6) is -1.20. The summed E-state index contributed by atoms with van der Waals surface area (Å²) in [6.45, 7) is 0.601. The zero-order valence-corrected chi connectivity index (χ0v) is 19.5. The van der Waals surface area contributed by atoms with E-state index in [1.54, 1.807) is 0 Å². The third-order valence-corrected chi connectivity index (χ3v) is 4.81. The van der Waals surface area contributed by atoms with Crippen LogP contribution in [0.3, 0.4) is 0 Å². The van der Waals surface area contributed by atoms with Crippen LogP contribution in [0.4, 0.5) is 4.79 Å². The van der Waals surface area contributed by atoms with Crippen LogP contribution in [0.5, 0.6) is 0 Å². The SMILES string of the molecule is COCCOC(=O)[C@H](Cc1ccccc1)NC(=O)N[C@@H](Cc1ccccc1)C(=O)OCCOC. The molecular formula is C25H32N2O7. The van der Waals surface area contributed by atoms with Crippen LogP contribution in [0.15, 0.2) is 60.7 Å². The van der Waals surface area contributed by atoms with Gasteiger partial charge in [0.1, 0.15) is 25.3 Å². The van der Waals surface area contributed by atoms with E-state index in [2.05, 4.69) is 10.6 Å². The molecule has 0 aliphatic rings. The van der Waals surface area contributed by atoms with Gasteiger partial charge in [0.15, 0.2) is 0 Å². The molecule has 34 heavy (non-hydrogen) atoms.